The van der Waals surface area contributed by atoms with Gasteiger partial charge in [0, 0.05) is 63.8 Å². The highest BCUT2D eigenvalue weighted by Gasteiger charge is 2.55. The van der Waals surface area contributed by atoms with Gasteiger partial charge in [0.2, 0.25) is 5.95 Å². The number of hydrogen-bond donors (Lipinski definition) is 1. The van der Waals surface area contributed by atoms with Gasteiger partial charge in [-0.15, -0.1) is 0 Å². The molecule has 45 heavy (non-hydrogen) atoms. The van der Waals surface area contributed by atoms with Crippen LogP contribution in [0.2, 0.25) is 0 Å². The standard InChI is InChI=1S/C31H41N9O5/c1-20-9-10-22-27(33-20)31(17-38(18-31)29(41)45-30(2,3)4)19-39(22)26-11-12-32-28(35-26)34-21-15-24(40(42)43)23(16-25(21)44-8)37(7)14-13-36(5)6/h9-12,15-16H,13-14,17-19H2,1-8H3,(H,32,34,35). The lowest BCUT2D eigenvalue weighted by molar-refractivity contribution is -0.384. The number of amides is 1. The summed E-state index contributed by atoms with van der Waals surface area (Å²) >= 11 is 0. The van der Waals surface area contributed by atoms with Crippen molar-refractivity contribution in [1.29, 1.82) is 0 Å². The number of aryl methyl sites for hydroxylation is 1. The summed E-state index contributed by atoms with van der Waals surface area (Å²) in [5.74, 6) is 1.30. The number of nitro benzene ring substituents is 1. The minimum Gasteiger partial charge on any atom is -0.494 e. The molecule has 1 N–H and O–H groups in total. The summed E-state index contributed by atoms with van der Waals surface area (Å²) < 4.78 is 11.2. The van der Waals surface area contributed by atoms with E-state index in [9.17, 15) is 14.9 Å². The van der Waals surface area contributed by atoms with E-state index in [2.05, 4.69) is 15.2 Å². The minimum atomic E-state index is -0.579. The van der Waals surface area contributed by atoms with Crippen molar-refractivity contribution in [2.24, 2.45) is 0 Å². The number of likely N-dealkylation sites (tertiary alicyclic amines) is 1. The molecule has 2 aliphatic heterocycles. The lowest BCUT2D eigenvalue weighted by atomic mass is 9.78. The number of aromatic nitrogens is 3. The summed E-state index contributed by atoms with van der Waals surface area (Å²) in [6.07, 6.45) is 1.29. The summed E-state index contributed by atoms with van der Waals surface area (Å²) in [6.45, 7) is 10.4. The number of benzene rings is 1. The highest BCUT2D eigenvalue weighted by atomic mass is 16.6. The van der Waals surface area contributed by atoms with Gasteiger partial charge in [0.15, 0.2) is 0 Å². The van der Waals surface area contributed by atoms with Crippen LogP contribution in [-0.2, 0) is 10.2 Å². The van der Waals surface area contributed by atoms with Gasteiger partial charge in [0.1, 0.15) is 22.9 Å². The fourth-order valence-electron chi connectivity index (χ4n) is 5.64. The highest BCUT2D eigenvalue weighted by Crippen LogP contribution is 2.48. The second-order valence-corrected chi connectivity index (χ2v) is 12.9. The maximum absolute atomic E-state index is 12.7. The number of anilines is 5. The van der Waals surface area contributed by atoms with E-state index < -0.39 is 10.5 Å². The maximum Gasteiger partial charge on any atom is 0.410 e. The fraction of sp³-hybridized carbons (Fsp3) is 0.484. The summed E-state index contributed by atoms with van der Waals surface area (Å²) in [5, 5.41) is 15.2. The molecule has 0 saturated carbocycles. The molecule has 0 atom stereocenters. The molecule has 1 amide bonds. The summed E-state index contributed by atoms with van der Waals surface area (Å²) in [5.41, 5.74) is 2.52. The quantitative estimate of drug-likeness (QED) is 0.267. The SMILES string of the molecule is COc1cc(N(C)CCN(C)C)c([N+](=O)[O-])cc1Nc1nccc(N2CC3(CN(C(=O)OC(C)(C)C)C3)c3nc(C)ccc32)n1. The second kappa shape index (κ2) is 12.0. The molecule has 5 rings (SSSR count). The molecule has 4 heterocycles. The number of ether oxygens (including phenoxy) is 2. The number of rotatable bonds is 9. The minimum absolute atomic E-state index is 0.0629. The molecule has 240 valence electrons. The van der Waals surface area contributed by atoms with Crippen molar-refractivity contribution in [2.75, 3.05) is 76.1 Å². The summed E-state index contributed by atoms with van der Waals surface area (Å²) in [7, 11) is 7.23. The van der Waals surface area contributed by atoms with Crippen molar-refractivity contribution in [1.82, 2.24) is 24.8 Å². The van der Waals surface area contributed by atoms with Gasteiger partial charge in [-0.3, -0.25) is 15.1 Å². The molecule has 3 aromatic rings. The Balaban J connectivity index is 1.41. The smallest absolute Gasteiger partial charge is 0.410 e. The summed E-state index contributed by atoms with van der Waals surface area (Å²) in [6, 6.07) is 8.89. The normalized spacial score (nSPS) is 15.1. The van der Waals surface area contributed by atoms with E-state index in [1.807, 2.05) is 70.8 Å². The van der Waals surface area contributed by atoms with E-state index in [-0.39, 0.29) is 23.1 Å². The largest absolute Gasteiger partial charge is 0.494 e. The predicted molar refractivity (Wildman–Crippen MR) is 172 cm³/mol. The van der Waals surface area contributed by atoms with E-state index in [0.717, 1.165) is 23.6 Å². The topological polar surface area (TPSA) is 142 Å². The molecular formula is C31H41N9O5. The van der Waals surface area contributed by atoms with E-state index in [4.69, 9.17) is 19.4 Å². The average Bonchev–Trinajstić information content (AvgIpc) is 3.28. The van der Waals surface area contributed by atoms with Crippen LogP contribution in [0.25, 0.3) is 0 Å². The third kappa shape index (κ3) is 6.55. The van der Waals surface area contributed by atoms with Crippen LogP contribution in [0.5, 0.6) is 5.75 Å². The van der Waals surface area contributed by atoms with Crippen LogP contribution in [0.4, 0.5) is 39.3 Å². The zero-order valence-electron chi connectivity index (χ0n) is 27.1. The fourth-order valence-corrected chi connectivity index (χ4v) is 5.64. The van der Waals surface area contributed by atoms with Gasteiger partial charge in [-0.1, -0.05) is 0 Å². The molecule has 1 saturated heterocycles. The lowest BCUT2D eigenvalue weighted by Gasteiger charge is -2.47. The van der Waals surface area contributed by atoms with E-state index in [1.54, 1.807) is 23.2 Å². The maximum atomic E-state index is 12.7. The number of methoxy groups -OCH3 is 1. The number of hydrogen-bond acceptors (Lipinski definition) is 12. The van der Waals surface area contributed by atoms with Crippen LogP contribution in [-0.4, -0.2) is 102 Å². The molecule has 1 spiro atoms. The molecule has 1 fully saturated rings. The van der Waals surface area contributed by atoms with Gasteiger partial charge < -0.3 is 34.4 Å². The number of nitrogens with one attached hydrogen (secondary N) is 1. The number of carbonyl (C=O) groups excluding carboxylic acids is 1. The summed E-state index contributed by atoms with van der Waals surface area (Å²) in [4.78, 5) is 46.1. The van der Waals surface area contributed by atoms with Crippen LogP contribution in [0.3, 0.4) is 0 Å². The first-order valence-corrected chi connectivity index (χ1v) is 14.8. The zero-order valence-corrected chi connectivity index (χ0v) is 27.1. The molecule has 0 aliphatic carbocycles. The third-order valence-electron chi connectivity index (χ3n) is 7.86. The van der Waals surface area contributed by atoms with Crippen LogP contribution in [0, 0.1) is 17.0 Å². The number of likely N-dealkylation sites (N-methyl/N-ethyl adjacent to an activating group) is 2. The van der Waals surface area contributed by atoms with Gasteiger partial charge in [0.05, 0.1) is 34.5 Å². The molecule has 0 bridgehead atoms. The Morgan fingerprint density at radius 1 is 1.11 bits per heavy atom. The number of carbonyl (C=O) groups is 1. The Morgan fingerprint density at radius 2 is 1.84 bits per heavy atom. The Kier molecular flexibility index (Phi) is 8.45. The predicted octanol–water partition coefficient (Wildman–Crippen LogP) is 4.48. The van der Waals surface area contributed by atoms with Crippen molar-refractivity contribution in [3.63, 3.8) is 0 Å². The van der Waals surface area contributed by atoms with Gasteiger partial charge in [-0.25, -0.2) is 9.78 Å². The lowest BCUT2D eigenvalue weighted by Crippen LogP contribution is -2.63. The van der Waals surface area contributed by atoms with Crippen molar-refractivity contribution in [3.8, 4) is 5.75 Å². The Hall–Kier alpha value is -4.72. The number of nitro groups is 1. The van der Waals surface area contributed by atoms with Crippen molar-refractivity contribution >= 4 is 40.6 Å². The molecule has 14 nitrogen and oxygen atoms in total. The Labute approximate surface area is 263 Å². The zero-order chi connectivity index (χ0) is 32.7. The van der Waals surface area contributed by atoms with Crippen molar-refractivity contribution in [3.05, 3.63) is 58.0 Å². The second-order valence-electron chi connectivity index (χ2n) is 12.9. The first-order chi connectivity index (χ1) is 21.2. The first kappa shape index (κ1) is 31.7. The number of fused-ring (bicyclic) bond motifs is 2. The van der Waals surface area contributed by atoms with Crippen LogP contribution in [0.15, 0.2) is 36.5 Å². The van der Waals surface area contributed by atoms with Crippen molar-refractivity contribution in [2.45, 2.75) is 38.7 Å². The molecule has 2 aromatic heterocycles. The Bertz CT molecular complexity index is 1600. The monoisotopic (exact) mass is 619 g/mol. The molecule has 0 unspecified atom stereocenters. The Morgan fingerprint density at radius 3 is 2.49 bits per heavy atom. The molecule has 14 heteroatoms. The van der Waals surface area contributed by atoms with Crippen LogP contribution in [0.1, 0.15) is 32.2 Å². The van der Waals surface area contributed by atoms with Gasteiger partial charge in [-0.2, -0.15) is 4.98 Å². The first-order valence-electron chi connectivity index (χ1n) is 14.8. The van der Waals surface area contributed by atoms with E-state index in [1.165, 1.54) is 13.2 Å². The average molecular weight is 620 g/mol. The molecular weight excluding hydrogens is 578 g/mol. The molecule has 2 aliphatic rings. The third-order valence-corrected chi connectivity index (χ3v) is 7.86. The highest BCUT2D eigenvalue weighted by molar-refractivity contribution is 5.78. The van der Waals surface area contributed by atoms with Gasteiger partial charge in [-0.05, 0) is 60.0 Å². The van der Waals surface area contributed by atoms with E-state index >= 15 is 0 Å². The molecule has 1 aromatic carbocycles. The van der Waals surface area contributed by atoms with Crippen LogP contribution < -0.4 is 19.9 Å². The van der Waals surface area contributed by atoms with E-state index in [0.29, 0.717) is 49.1 Å². The van der Waals surface area contributed by atoms with Crippen molar-refractivity contribution < 1.29 is 19.2 Å². The number of nitrogens with zero attached hydrogens (tertiary/aromatic N) is 8. The molecule has 0 radical (unpaired) electrons. The number of pyridine rings is 1. The van der Waals surface area contributed by atoms with Gasteiger partial charge in [0.25, 0.3) is 5.69 Å². The van der Waals surface area contributed by atoms with Gasteiger partial charge >= 0.3 is 6.09 Å². The van der Waals surface area contributed by atoms with Crippen LogP contribution >= 0.6 is 0 Å².